The molecule has 0 atom stereocenters. The predicted molar refractivity (Wildman–Crippen MR) is 57.9 cm³/mol. The van der Waals surface area contributed by atoms with Crippen molar-refractivity contribution in [1.29, 1.82) is 0 Å². The fourth-order valence-corrected chi connectivity index (χ4v) is 1.43. The second-order valence-electron chi connectivity index (χ2n) is 3.49. The normalized spacial score (nSPS) is 10.5. The van der Waals surface area contributed by atoms with E-state index in [1.54, 1.807) is 16.9 Å². The number of rotatable bonds is 2. The largest absolute Gasteiger partial charge is 0.506 e. The summed E-state index contributed by atoms with van der Waals surface area (Å²) < 4.78 is 1.64. The van der Waals surface area contributed by atoms with E-state index in [4.69, 9.17) is 5.73 Å². The van der Waals surface area contributed by atoms with Gasteiger partial charge in [0.25, 0.3) is 0 Å². The summed E-state index contributed by atoms with van der Waals surface area (Å²) in [6.45, 7) is 2.38. The SMILES string of the molecule is Cc1cnn(-c2ccc(CN)cc2O)c1. The zero-order chi connectivity index (χ0) is 10.8. The minimum atomic E-state index is 0.195. The molecule has 0 radical (unpaired) electrons. The van der Waals surface area contributed by atoms with Crippen molar-refractivity contribution in [2.75, 3.05) is 0 Å². The Morgan fingerprint density at radius 2 is 2.27 bits per heavy atom. The second-order valence-corrected chi connectivity index (χ2v) is 3.49. The van der Waals surface area contributed by atoms with Gasteiger partial charge in [0.15, 0.2) is 0 Å². The zero-order valence-corrected chi connectivity index (χ0v) is 8.51. The smallest absolute Gasteiger partial charge is 0.141 e. The highest BCUT2D eigenvalue weighted by molar-refractivity contribution is 5.47. The Kier molecular flexibility index (Phi) is 2.43. The molecule has 0 saturated heterocycles. The van der Waals surface area contributed by atoms with Gasteiger partial charge in [0.2, 0.25) is 0 Å². The summed E-state index contributed by atoms with van der Waals surface area (Å²) in [6, 6.07) is 5.35. The van der Waals surface area contributed by atoms with Gasteiger partial charge in [0.05, 0.1) is 6.20 Å². The van der Waals surface area contributed by atoms with Gasteiger partial charge >= 0.3 is 0 Å². The van der Waals surface area contributed by atoms with E-state index in [1.165, 1.54) is 0 Å². The molecule has 0 saturated carbocycles. The zero-order valence-electron chi connectivity index (χ0n) is 8.51. The first-order chi connectivity index (χ1) is 7.20. The van der Waals surface area contributed by atoms with E-state index in [0.717, 1.165) is 11.1 Å². The fourth-order valence-electron chi connectivity index (χ4n) is 1.43. The number of nitrogens with zero attached hydrogens (tertiary/aromatic N) is 2. The molecular formula is C11H13N3O. The molecule has 4 nitrogen and oxygen atoms in total. The maximum Gasteiger partial charge on any atom is 0.141 e. The fraction of sp³-hybridized carbons (Fsp3) is 0.182. The number of aryl methyl sites for hydroxylation is 1. The molecule has 3 N–H and O–H groups in total. The Balaban J connectivity index is 2.45. The molecule has 0 aliphatic heterocycles. The quantitative estimate of drug-likeness (QED) is 0.774. The molecule has 15 heavy (non-hydrogen) atoms. The first-order valence-corrected chi connectivity index (χ1v) is 4.74. The molecule has 2 rings (SSSR count). The van der Waals surface area contributed by atoms with E-state index in [0.29, 0.717) is 12.2 Å². The number of benzene rings is 1. The third-order valence-electron chi connectivity index (χ3n) is 2.23. The lowest BCUT2D eigenvalue weighted by atomic mass is 10.2. The van der Waals surface area contributed by atoms with Gasteiger partial charge in [-0.3, -0.25) is 0 Å². The van der Waals surface area contributed by atoms with Crippen LogP contribution in [0.4, 0.5) is 0 Å². The average Bonchev–Trinajstić information content (AvgIpc) is 2.64. The lowest BCUT2D eigenvalue weighted by molar-refractivity contribution is 0.469. The van der Waals surface area contributed by atoms with Crippen LogP contribution in [0.1, 0.15) is 11.1 Å². The highest BCUT2D eigenvalue weighted by atomic mass is 16.3. The average molecular weight is 203 g/mol. The highest BCUT2D eigenvalue weighted by Gasteiger charge is 2.04. The molecule has 2 aromatic rings. The molecule has 1 aromatic heterocycles. The van der Waals surface area contributed by atoms with Gasteiger partial charge in [-0.05, 0) is 30.2 Å². The maximum atomic E-state index is 9.77. The number of nitrogens with two attached hydrogens (primary N) is 1. The van der Waals surface area contributed by atoms with Crippen molar-refractivity contribution >= 4 is 0 Å². The van der Waals surface area contributed by atoms with Gasteiger partial charge in [0, 0.05) is 12.7 Å². The number of aromatic hydroxyl groups is 1. The van der Waals surface area contributed by atoms with Crippen molar-refractivity contribution in [3.8, 4) is 11.4 Å². The van der Waals surface area contributed by atoms with E-state index >= 15 is 0 Å². The van der Waals surface area contributed by atoms with Gasteiger partial charge in [-0.2, -0.15) is 5.10 Å². The number of hydrogen-bond acceptors (Lipinski definition) is 3. The summed E-state index contributed by atoms with van der Waals surface area (Å²) in [5, 5.41) is 13.9. The van der Waals surface area contributed by atoms with Crippen molar-refractivity contribution in [3.63, 3.8) is 0 Å². The third kappa shape index (κ3) is 1.85. The summed E-state index contributed by atoms with van der Waals surface area (Å²) in [5.41, 5.74) is 8.10. The van der Waals surface area contributed by atoms with Crippen LogP contribution in [0.2, 0.25) is 0 Å². The van der Waals surface area contributed by atoms with Crippen LogP contribution in [0.5, 0.6) is 5.75 Å². The topological polar surface area (TPSA) is 64.1 Å². The van der Waals surface area contributed by atoms with Crippen LogP contribution in [-0.4, -0.2) is 14.9 Å². The van der Waals surface area contributed by atoms with E-state index in [2.05, 4.69) is 5.10 Å². The first-order valence-electron chi connectivity index (χ1n) is 4.74. The summed E-state index contributed by atoms with van der Waals surface area (Å²) in [5.74, 6) is 0.195. The maximum absolute atomic E-state index is 9.77. The van der Waals surface area contributed by atoms with Crippen LogP contribution in [0.15, 0.2) is 30.6 Å². The molecular weight excluding hydrogens is 190 g/mol. The standard InChI is InChI=1S/C11H13N3O/c1-8-6-13-14(7-8)10-3-2-9(5-12)4-11(10)15/h2-4,6-7,15H,5,12H2,1H3. The Labute approximate surface area is 88.0 Å². The van der Waals surface area contributed by atoms with Crippen LogP contribution in [-0.2, 0) is 6.54 Å². The van der Waals surface area contributed by atoms with Gasteiger partial charge < -0.3 is 10.8 Å². The van der Waals surface area contributed by atoms with Gasteiger partial charge in [-0.15, -0.1) is 0 Å². The molecule has 0 aliphatic rings. The molecule has 0 unspecified atom stereocenters. The number of phenolic OH excluding ortho intramolecular Hbond substituents is 1. The molecule has 0 spiro atoms. The van der Waals surface area contributed by atoms with Crippen LogP contribution in [0.3, 0.4) is 0 Å². The molecule has 1 aromatic carbocycles. The van der Waals surface area contributed by atoms with Crippen molar-refractivity contribution in [2.45, 2.75) is 13.5 Å². The van der Waals surface area contributed by atoms with Gasteiger partial charge in [-0.25, -0.2) is 4.68 Å². The molecule has 0 fully saturated rings. The van der Waals surface area contributed by atoms with E-state index < -0.39 is 0 Å². The highest BCUT2D eigenvalue weighted by Crippen LogP contribution is 2.22. The minimum absolute atomic E-state index is 0.195. The van der Waals surface area contributed by atoms with E-state index in [9.17, 15) is 5.11 Å². The van der Waals surface area contributed by atoms with Crippen molar-refractivity contribution in [3.05, 3.63) is 41.7 Å². The van der Waals surface area contributed by atoms with Gasteiger partial charge in [0.1, 0.15) is 11.4 Å². The molecule has 0 bridgehead atoms. The predicted octanol–water partition coefficient (Wildman–Crippen LogP) is 1.35. The lowest BCUT2D eigenvalue weighted by Crippen LogP contribution is -1.99. The second kappa shape index (κ2) is 3.74. The summed E-state index contributed by atoms with van der Waals surface area (Å²) in [6.07, 6.45) is 3.60. The van der Waals surface area contributed by atoms with Crippen LogP contribution in [0.25, 0.3) is 5.69 Å². The third-order valence-corrected chi connectivity index (χ3v) is 2.23. The van der Waals surface area contributed by atoms with Crippen LogP contribution in [0, 0.1) is 6.92 Å². The monoisotopic (exact) mass is 203 g/mol. The summed E-state index contributed by atoms with van der Waals surface area (Å²) in [4.78, 5) is 0. The Bertz CT molecular complexity index is 476. The summed E-state index contributed by atoms with van der Waals surface area (Å²) >= 11 is 0. The lowest BCUT2D eigenvalue weighted by Gasteiger charge is -2.05. The number of phenols is 1. The van der Waals surface area contributed by atoms with Crippen LogP contribution >= 0.6 is 0 Å². The van der Waals surface area contributed by atoms with Crippen molar-refractivity contribution < 1.29 is 5.11 Å². The first kappa shape index (κ1) is 9.73. The van der Waals surface area contributed by atoms with E-state index in [-0.39, 0.29) is 5.75 Å². The van der Waals surface area contributed by atoms with Gasteiger partial charge in [-0.1, -0.05) is 6.07 Å². The molecule has 0 aliphatic carbocycles. The number of hydrogen-bond donors (Lipinski definition) is 2. The Morgan fingerprint density at radius 3 is 2.80 bits per heavy atom. The van der Waals surface area contributed by atoms with Crippen molar-refractivity contribution in [1.82, 2.24) is 9.78 Å². The summed E-state index contributed by atoms with van der Waals surface area (Å²) in [7, 11) is 0. The molecule has 0 amide bonds. The van der Waals surface area contributed by atoms with Crippen LogP contribution < -0.4 is 5.73 Å². The Morgan fingerprint density at radius 1 is 1.47 bits per heavy atom. The number of aromatic nitrogens is 2. The van der Waals surface area contributed by atoms with Crippen molar-refractivity contribution in [2.24, 2.45) is 5.73 Å². The molecule has 78 valence electrons. The minimum Gasteiger partial charge on any atom is -0.506 e. The Hall–Kier alpha value is -1.81. The molecule has 4 heteroatoms. The molecule has 1 heterocycles. The van der Waals surface area contributed by atoms with E-state index in [1.807, 2.05) is 25.3 Å².